The largest absolute Gasteiger partial charge is 0.497 e. The van der Waals surface area contributed by atoms with Crippen LogP contribution in [0.5, 0.6) is 11.6 Å². The molecule has 1 aromatic heterocycles. The lowest BCUT2D eigenvalue weighted by molar-refractivity contribution is -0.0528. The van der Waals surface area contributed by atoms with Crippen molar-refractivity contribution in [3.63, 3.8) is 0 Å². The average molecular weight is 428 g/mol. The minimum absolute atomic E-state index is 0.255. The average Bonchev–Trinajstić information content (AvgIpc) is 2.93. The van der Waals surface area contributed by atoms with Crippen molar-refractivity contribution in [1.29, 1.82) is 0 Å². The van der Waals surface area contributed by atoms with Gasteiger partial charge in [-0.3, -0.25) is 0 Å². The highest BCUT2D eigenvalue weighted by molar-refractivity contribution is 6.62. The zero-order chi connectivity index (χ0) is 22.4. The molecule has 0 aliphatic carbocycles. The number of methoxy groups -OCH3 is 1. The van der Waals surface area contributed by atoms with Gasteiger partial charge in [-0.05, 0) is 56.9 Å². The third kappa shape index (κ3) is 4.07. The molecule has 0 bridgehead atoms. The van der Waals surface area contributed by atoms with Crippen molar-refractivity contribution in [1.82, 2.24) is 9.97 Å². The smallest absolute Gasteiger partial charge is 0.494 e. The van der Waals surface area contributed by atoms with Gasteiger partial charge in [-0.2, -0.15) is 8.78 Å². The van der Waals surface area contributed by atoms with Crippen molar-refractivity contribution in [3.8, 4) is 22.8 Å². The van der Waals surface area contributed by atoms with Crippen LogP contribution in [0.25, 0.3) is 22.2 Å². The maximum absolute atomic E-state index is 12.7. The Morgan fingerprint density at radius 1 is 1.00 bits per heavy atom. The van der Waals surface area contributed by atoms with Crippen LogP contribution in [0.2, 0.25) is 0 Å². The number of fused-ring (bicyclic) bond motifs is 1. The zero-order valence-corrected chi connectivity index (χ0v) is 18.0. The van der Waals surface area contributed by atoms with Crippen LogP contribution < -0.4 is 14.9 Å². The highest BCUT2D eigenvalue weighted by Gasteiger charge is 2.51. The number of halogens is 2. The summed E-state index contributed by atoms with van der Waals surface area (Å²) in [6.07, 6.45) is 1.19. The molecule has 1 aliphatic heterocycles. The van der Waals surface area contributed by atoms with Crippen LogP contribution >= 0.6 is 0 Å². The van der Waals surface area contributed by atoms with Crippen molar-refractivity contribution < 1.29 is 27.6 Å². The monoisotopic (exact) mass is 428 g/mol. The van der Waals surface area contributed by atoms with E-state index in [0.29, 0.717) is 22.2 Å². The SMILES string of the molecule is COc1ccc(-c2cc(B3OC(C)(C)C(C)(C)O3)cc3nc(OC(F)F)cnc23)cc1. The first-order chi connectivity index (χ1) is 14.6. The molecular weight excluding hydrogens is 405 g/mol. The lowest BCUT2D eigenvalue weighted by Crippen LogP contribution is -2.41. The number of rotatable bonds is 5. The zero-order valence-electron chi connectivity index (χ0n) is 18.0. The number of alkyl halides is 2. The number of nitrogens with zero attached hydrogens (tertiary/aromatic N) is 2. The molecule has 1 aliphatic rings. The molecule has 0 unspecified atom stereocenters. The molecule has 6 nitrogen and oxygen atoms in total. The van der Waals surface area contributed by atoms with Gasteiger partial charge in [0.25, 0.3) is 0 Å². The van der Waals surface area contributed by atoms with Gasteiger partial charge in [-0.25, -0.2) is 9.97 Å². The Morgan fingerprint density at radius 3 is 2.23 bits per heavy atom. The van der Waals surface area contributed by atoms with E-state index in [-0.39, 0.29) is 5.88 Å². The van der Waals surface area contributed by atoms with E-state index >= 15 is 0 Å². The second-order valence-electron chi connectivity index (χ2n) is 8.34. The quantitative estimate of drug-likeness (QED) is 0.568. The summed E-state index contributed by atoms with van der Waals surface area (Å²) in [4.78, 5) is 8.58. The Bertz CT molecular complexity index is 1090. The van der Waals surface area contributed by atoms with Gasteiger partial charge in [0.05, 0.1) is 35.5 Å². The van der Waals surface area contributed by atoms with E-state index in [2.05, 4.69) is 14.7 Å². The molecular formula is C22H23BF2N2O4. The lowest BCUT2D eigenvalue weighted by atomic mass is 9.77. The first kappa shape index (κ1) is 21.5. The predicted molar refractivity (Wildman–Crippen MR) is 114 cm³/mol. The van der Waals surface area contributed by atoms with Crippen LogP contribution in [0.4, 0.5) is 8.78 Å². The molecule has 1 saturated heterocycles. The van der Waals surface area contributed by atoms with Crippen LogP contribution in [-0.2, 0) is 9.31 Å². The molecule has 162 valence electrons. The summed E-state index contributed by atoms with van der Waals surface area (Å²) in [6, 6.07) is 11.1. The highest BCUT2D eigenvalue weighted by atomic mass is 19.3. The van der Waals surface area contributed by atoms with Crippen LogP contribution in [0.1, 0.15) is 27.7 Å². The van der Waals surface area contributed by atoms with Crippen LogP contribution in [0.15, 0.2) is 42.6 Å². The normalized spacial score (nSPS) is 17.4. The van der Waals surface area contributed by atoms with Crippen molar-refractivity contribution >= 4 is 23.6 Å². The minimum atomic E-state index is -2.99. The van der Waals surface area contributed by atoms with Crippen LogP contribution in [0.3, 0.4) is 0 Å². The fraction of sp³-hybridized carbons (Fsp3) is 0.364. The van der Waals surface area contributed by atoms with E-state index in [1.54, 1.807) is 13.2 Å². The summed E-state index contributed by atoms with van der Waals surface area (Å²) < 4.78 is 47.4. The van der Waals surface area contributed by atoms with Crippen molar-refractivity contribution in [2.24, 2.45) is 0 Å². The third-order valence-corrected chi connectivity index (χ3v) is 5.78. The molecule has 4 rings (SSSR count). The Labute approximate surface area is 179 Å². The summed E-state index contributed by atoms with van der Waals surface area (Å²) >= 11 is 0. The summed E-state index contributed by atoms with van der Waals surface area (Å²) in [6.45, 7) is 4.87. The van der Waals surface area contributed by atoms with Crippen LogP contribution in [-0.4, -0.2) is 42.0 Å². The Kier molecular flexibility index (Phi) is 5.35. The predicted octanol–water partition coefficient (Wildman–Crippen LogP) is 4.21. The molecule has 0 radical (unpaired) electrons. The first-order valence-corrected chi connectivity index (χ1v) is 9.85. The van der Waals surface area contributed by atoms with Crippen molar-refractivity contribution in [2.45, 2.75) is 45.5 Å². The number of hydrogen-bond acceptors (Lipinski definition) is 6. The van der Waals surface area contributed by atoms with Crippen molar-refractivity contribution in [2.75, 3.05) is 7.11 Å². The summed E-state index contributed by atoms with van der Waals surface area (Å²) in [5.41, 5.74) is 2.23. The number of ether oxygens (including phenoxy) is 2. The second kappa shape index (κ2) is 7.73. The highest BCUT2D eigenvalue weighted by Crippen LogP contribution is 2.37. The molecule has 3 aromatic rings. The summed E-state index contributed by atoms with van der Waals surface area (Å²) in [5, 5.41) is 0. The van der Waals surface area contributed by atoms with E-state index in [0.717, 1.165) is 11.1 Å². The maximum Gasteiger partial charge on any atom is 0.494 e. The Hall–Kier alpha value is -2.78. The molecule has 2 aromatic carbocycles. The lowest BCUT2D eigenvalue weighted by Gasteiger charge is -2.32. The van der Waals surface area contributed by atoms with Gasteiger partial charge in [-0.1, -0.05) is 18.2 Å². The van der Waals surface area contributed by atoms with Gasteiger partial charge in [-0.15, -0.1) is 0 Å². The number of aromatic nitrogens is 2. The van der Waals surface area contributed by atoms with Crippen molar-refractivity contribution in [3.05, 3.63) is 42.6 Å². The molecule has 31 heavy (non-hydrogen) atoms. The van der Waals surface area contributed by atoms with E-state index < -0.39 is 24.9 Å². The number of benzene rings is 2. The van der Waals surface area contributed by atoms with Gasteiger partial charge >= 0.3 is 13.7 Å². The minimum Gasteiger partial charge on any atom is -0.497 e. The molecule has 0 N–H and O–H groups in total. The molecule has 0 spiro atoms. The Morgan fingerprint density at radius 2 is 1.65 bits per heavy atom. The molecule has 2 heterocycles. The third-order valence-electron chi connectivity index (χ3n) is 5.78. The topological polar surface area (TPSA) is 62.7 Å². The van der Waals surface area contributed by atoms with Gasteiger partial charge in [0.2, 0.25) is 5.88 Å². The van der Waals surface area contributed by atoms with E-state index in [1.807, 2.05) is 58.0 Å². The maximum atomic E-state index is 12.7. The fourth-order valence-corrected chi connectivity index (χ4v) is 3.38. The van der Waals surface area contributed by atoms with Gasteiger partial charge in [0.15, 0.2) is 0 Å². The molecule has 9 heteroatoms. The molecule has 0 amide bonds. The molecule has 0 saturated carbocycles. The van der Waals surface area contributed by atoms with Gasteiger partial charge < -0.3 is 18.8 Å². The van der Waals surface area contributed by atoms with Gasteiger partial charge in [0, 0.05) is 5.56 Å². The number of hydrogen-bond donors (Lipinski definition) is 0. The first-order valence-electron chi connectivity index (χ1n) is 9.85. The van der Waals surface area contributed by atoms with Gasteiger partial charge in [0.1, 0.15) is 5.75 Å². The molecule has 1 fully saturated rings. The Balaban J connectivity index is 1.86. The molecule has 0 atom stereocenters. The summed E-state index contributed by atoms with van der Waals surface area (Å²) in [7, 11) is 0.951. The van der Waals surface area contributed by atoms with Crippen LogP contribution in [0, 0.1) is 0 Å². The second-order valence-corrected chi connectivity index (χ2v) is 8.34. The fourth-order valence-electron chi connectivity index (χ4n) is 3.38. The summed E-state index contributed by atoms with van der Waals surface area (Å²) in [5.74, 6) is 0.461. The van der Waals surface area contributed by atoms with E-state index in [1.165, 1.54) is 6.20 Å². The van der Waals surface area contributed by atoms with E-state index in [9.17, 15) is 8.78 Å². The standard InChI is InChI=1S/C22H23BF2N2O4/c1-21(2)22(3,4)31-23(30-21)14-10-16(13-6-8-15(28-5)9-7-13)19-17(11-14)27-18(12-26-19)29-20(24)25/h6-12,20H,1-5H3. The van der Waals surface area contributed by atoms with E-state index in [4.69, 9.17) is 14.0 Å².